The summed E-state index contributed by atoms with van der Waals surface area (Å²) in [7, 11) is 1.53. The molecule has 2 aromatic rings. The predicted molar refractivity (Wildman–Crippen MR) is 67.4 cm³/mol. The zero-order valence-electron chi connectivity index (χ0n) is 9.95. The first-order chi connectivity index (χ1) is 9.08. The molecule has 1 N–H and O–H groups in total. The number of rotatable bonds is 4. The van der Waals surface area contributed by atoms with Crippen LogP contribution in [0.15, 0.2) is 24.3 Å². The van der Waals surface area contributed by atoms with Crippen LogP contribution in [0.4, 0.5) is 20.4 Å². The maximum atomic E-state index is 13.1. The molecule has 0 radical (unpaired) electrons. The monoisotopic (exact) mass is 285 g/mol. The van der Waals surface area contributed by atoms with E-state index >= 15 is 0 Å². The lowest BCUT2D eigenvalue weighted by Gasteiger charge is -2.07. The van der Waals surface area contributed by atoms with Gasteiger partial charge in [-0.15, -0.1) is 0 Å². The highest BCUT2D eigenvalue weighted by Gasteiger charge is 2.06. The molecule has 7 heteroatoms. The van der Waals surface area contributed by atoms with Crippen LogP contribution in [0, 0.1) is 11.6 Å². The molecular weight excluding hydrogens is 276 g/mol. The van der Waals surface area contributed by atoms with Crippen LogP contribution in [-0.2, 0) is 11.3 Å². The topological polar surface area (TPSA) is 47.0 Å². The van der Waals surface area contributed by atoms with E-state index in [0.717, 1.165) is 12.1 Å². The van der Waals surface area contributed by atoms with Gasteiger partial charge in [-0.3, -0.25) is 0 Å². The normalized spacial score (nSPS) is 10.5. The van der Waals surface area contributed by atoms with Crippen LogP contribution in [0.5, 0.6) is 0 Å². The van der Waals surface area contributed by atoms with E-state index in [4.69, 9.17) is 16.3 Å². The molecule has 100 valence electrons. The molecule has 1 aromatic heterocycles. The molecular formula is C12H10ClF2N3O. The second kappa shape index (κ2) is 5.90. The highest BCUT2D eigenvalue weighted by molar-refractivity contribution is 6.29. The number of hydrogen-bond acceptors (Lipinski definition) is 4. The molecule has 1 aromatic carbocycles. The number of nitrogens with zero attached hydrogens (tertiary/aromatic N) is 2. The molecule has 0 unspecified atom stereocenters. The summed E-state index contributed by atoms with van der Waals surface area (Å²) in [6, 6.07) is 4.95. The Morgan fingerprint density at radius 2 is 2.00 bits per heavy atom. The van der Waals surface area contributed by atoms with Gasteiger partial charge in [-0.25, -0.2) is 18.7 Å². The Labute approximate surface area is 113 Å². The zero-order valence-corrected chi connectivity index (χ0v) is 10.7. The van der Waals surface area contributed by atoms with Crippen molar-refractivity contribution in [3.05, 3.63) is 46.7 Å². The molecule has 1 heterocycles. The largest absolute Gasteiger partial charge is 0.378 e. The van der Waals surface area contributed by atoms with Crippen molar-refractivity contribution < 1.29 is 13.5 Å². The number of ether oxygens (including phenoxy) is 1. The van der Waals surface area contributed by atoms with Gasteiger partial charge in [-0.05, 0) is 18.2 Å². The van der Waals surface area contributed by atoms with E-state index in [1.54, 1.807) is 6.07 Å². The van der Waals surface area contributed by atoms with Gasteiger partial charge in [-0.1, -0.05) is 11.6 Å². The number of anilines is 2. The fraction of sp³-hybridized carbons (Fsp3) is 0.167. The van der Waals surface area contributed by atoms with Crippen LogP contribution in [0.25, 0.3) is 0 Å². The summed E-state index contributed by atoms with van der Waals surface area (Å²) in [4.78, 5) is 8.06. The Balaban J connectivity index is 2.24. The third kappa shape index (κ3) is 3.59. The van der Waals surface area contributed by atoms with Crippen LogP contribution < -0.4 is 5.32 Å². The molecule has 0 fully saturated rings. The van der Waals surface area contributed by atoms with E-state index in [2.05, 4.69) is 15.3 Å². The van der Waals surface area contributed by atoms with Crippen molar-refractivity contribution in [2.24, 2.45) is 0 Å². The molecule has 0 saturated carbocycles. The van der Waals surface area contributed by atoms with Crippen LogP contribution >= 0.6 is 11.6 Å². The average Bonchev–Trinajstić information content (AvgIpc) is 2.33. The first-order valence-electron chi connectivity index (χ1n) is 5.33. The Hall–Kier alpha value is -1.79. The molecule has 0 saturated heterocycles. The van der Waals surface area contributed by atoms with Crippen molar-refractivity contribution in [2.75, 3.05) is 12.4 Å². The van der Waals surface area contributed by atoms with Gasteiger partial charge in [0.25, 0.3) is 0 Å². The van der Waals surface area contributed by atoms with Crippen molar-refractivity contribution in [3.63, 3.8) is 0 Å². The van der Waals surface area contributed by atoms with E-state index < -0.39 is 11.6 Å². The summed E-state index contributed by atoms with van der Waals surface area (Å²) in [5.41, 5.74) is 0.900. The SMILES string of the molecule is COCc1cc(Cl)nc(Nc2ccc(F)c(F)c2)n1. The van der Waals surface area contributed by atoms with Crippen molar-refractivity contribution in [2.45, 2.75) is 6.61 Å². The van der Waals surface area contributed by atoms with Gasteiger partial charge in [0.05, 0.1) is 12.3 Å². The second-order valence-electron chi connectivity index (χ2n) is 3.69. The van der Waals surface area contributed by atoms with Crippen molar-refractivity contribution in [1.82, 2.24) is 9.97 Å². The Morgan fingerprint density at radius 1 is 1.21 bits per heavy atom. The summed E-state index contributed by atoms with van der Waals surface area (Å²) in [5, 5.41) is 2.97. The van der Waals surface area contributed by atoms with Gasteiger partial charge in [0.1, 0.15) is 5.15 Å². The number of nitrogens with one attached hydrogen (secondary N) is 1. The van der Waals surface area contributed by atoms with Gasteiger partial charge in [-0.2, -0.15) is 0 Å². The summed E-state index contributed by atoms with van der Waals surface area (Å²) in [5.74, 6) is -1.69. The summed E-state index contributed by atoms with van der Waals surface area (Å²) < 4.78 is 30.8. The van der Waals surface area contributed by atoms with Crippen molar-refractivity contribution in [1.29, 1.82) is 0 Å². The summed E-state index contributed by atoms with van der Waals surface area (Å²) in [6.45, 7) is 0.273. The lowest BCUT2D eigenvalue weighted by molar-refractivity contribution is 0.181. The number of methoxy groups -OCH3 is 1. The van der Waals surface area contributed by atoms with Crippen LogP contribution in [0.1, 0.15) is 5.69 Å². The van der Waals surface area contributed by atoms with E-state index in [0.29, 0.717) is 11.4 Å². The first kappa shape index (κ1) is 13.6. The van der Waals surface area contributed by atoms with E-state index in [1.807, 2.05) is 0 Å². The smallest absolute Gasteiger partial charge is 0.228 e. The van der Waals surface area contributed by atoms with Crippen LogP contribution in [0.3, 0.4) is 0 Å². The molecule has 0 atom stereocenters. The molecule has 0 aliphatic rings. The molecule has 0 spiro atoms. The minimum atomic E-state index is -0.954. The van der Waals surface area contributed by atoms with Gasteiger partial charge in [0.2, 0.25) is 5.95 Å². The van der Waals surface area contributed by atoms with Gasteiger partial charge < -0.3 is 10.1 Å². The highest BCUT2D eigenvalue weighted by Crippen LogP contribution is 2.18. The minimum Gasteiger partial charge on any atom is -0.378 e. The Bertz CT molecular complexity index is 595. The number of hydrogen-bond donors (Lipinski definition) is 1. The van der Waals surface area contributed by atoms with Gasteiger partial charge in [0, 0.05) is 18.9 Å². The van der Waals surface area contributed by atoms with Crippen LogP contribution in [-0.4, -0.2) is 17.1 Å². The van der Waals surface area contributed by atoms with Gasteiger partial charge in [0.15, 0.2) is 11.6 Å². The minimum absolute atomic E-state index is 0.186. The highest BCUT2D eigenvalue weighted by atomic mass is 35.5. The zero-order chi connectivity index (χ0) is 13.8. The summed E-state index contributed by atoms with van der Waals surface area (Å²) in [6.07, 6.45) is 0. The Morgan fingerprint density at radius 3 is 2.68 bits per heavy atom. The molecule has 0 aliphatic heterocycles. The van der Waals surface area contributed by atoms with E-state index in [1.165, 1.54) is 13.2 Å². The molecule has 0 aliphatic carbocycles. The molecule has 0 amide bonds. The quantitative estimate of drug-likeness (QED) is 0.876. The lowest BCUT2D eigenvalue weighted by Crippen LogP contribution is -2.02. The van der Waals surface area contributed by atoms with Crippen molar-refractivity contribution >= 4 is 23.2 Å². The number of benzene rings is 1. The fourth-order valence-corrected chi connectivity index (χ4v) is 1.65. The Kier molecular flexibility index (Phi) is 4.24. The average molecular weight is 286 g/mol. The maximum Gasteiger partial charge on any atom is 0.228 e. The predicted octanol–water partition coefficient (Wildman–Crippen LogP) is 3.30. The molecule has 19 heavy (non-hydrogen) atoms. The molecule has 0 bridgehead atoms. The third-order valence-corrected chi connectivity index (χ3v) is 2.41. The third-order valence-electron chi connectivity index (χ3n) is 2.22. The van der Waals surface area contributed by atoms with E-state index in [9.17, 15) is 8.78 Å². The first-order valence-corrected chi connectivity index (χ1v) is 5.71. The number of aromatic nitrogens is 2. The molecule has 2 rings (SSSR count). The summed E-state index contributed by atoms with van der Waals surface area (Å²) >= 11 is 5.83. The van der Waals surface area contributed by atoms with E-state index in [-0.39, 0.29) is 17.7 Å². The fourth-order valence-electron chi connectivity index (χ4n) is 1.44. The van der Waals surface area contributed by atoms with Crippen LogP contribution in [0.2, 0.25) is 5.15 Å². The second-order valence-corrected chi connectivity index (χ2v) is 4.08. The maximum absolute atomic E-state index is 13.1. The number of halogens is 3. The van der Waals surface area contributed by atoms with Gasteiger partial charge >= 0.3 is 0 Å². The lowest BCUT2D eigenvalue weighted by atomic mass is 10.3. The molecule has 4 nitrogen and oxygen atoms in total. The van der Waals surface area contributed by atoms with Crippen molar-refractivity contribution in [3.8, 4) is 0 Å². The standard InChI is InChI=1S/C12H10ClF2N3O/c1-19-6-8-5-11(13)18-12(17-8)16-7-2-3-9(14)10(15)4-7/h2-5H,6H2,1H3,(H,16,17,18).